The van der Waals surface area contributed by atoms with Crippen molar-refractivity contribution in [2.45, 2.75) is 32.1 Å². The van der Waals surface area contributed by atoms with Crippen molar-refractivity contribution in [3.8, 4) is 0 Å². The number of nitrogens with one attached hydrogen (secondary N) is 1. The van der Waals surface area contributed by atoms with Gasteiger partial charge in [-0.2, -0.15) is 0 Å². The number of aliphatic imine (C=N–C) groups is 1. The number of hydrogen-bond donors (Lipinski definition) is 3. The van der Waals surface area contributed by atoms with Gasteiger partial charge in [0.1, 0.15) is 0 Å². The highest BCUT2D eigenvalue weighted by molar-refractivity contribution is 5.77. The first kappa shape index (κ1) is 9.32. The fourth-order valence-corrected chi connectivity index (χ4v) is 1.64. The molecule has 0 spiro atoms. The Balaban J connectivity index is 2.21. The summed E-state index contributed by atoms with van der Waals surface area (Å²) >= 11 is 0. The SMILES string of the molecule is NNC(N)=NCC1CCCCC1. The number of rotatable bonds is 2. The molecule has 5 N–H and O–H groups in total. The summed E-state index contributed by atoms with van der Waals surface area (Å²) in [5.74, 6) is 6.16. The Labute approximate surface area is 73.4 Å². The summed E-state index contributed by atoms with van der Waals surface area (Å²) in [5, 5.41) is 0. The topological polar surface area (TPSA) is 76.4 Å². The minimum Gasteiger partial charge on any atom is -0.369 e. The van der Waals surface area contributed by atoms with E-state index in [9.17, 15) is 0 Å². The van der Waals surface area contributed by atoms with E-state index in [4.69, 9.17) is 11.6 Å². The molecule has 0 aromatic heterocycles. The molecule has 0 atom stereocenters. The van der Waals surface area contributed by atoms with Crippen LogP contribution in [0.2, 0.25) is 0 Å². The first-order valence-corrected chi connectivity index (χ1v) is 4.59. The van der Waals surface area contributed by atoms with Crippen molar-refractivity contribution in [3.63, 3.8) is 0 Å². The van der Waals surface area contributed by atoms with Gasteiger partial charge in [0.2, 0.25) is 5.96 Å². The Kier molecular flexibility index (Phi) is 3.87. The molecule has 0 aliphatic heterocycles. The van der Waals surface area contributed by atoms with Gasteiger partial charge in [0.15, 0.2) is 0 Å². The maximum Gasteiger partial charge on any atom is 0.203 e. The predicted molar refractivity (Wildman–Crippen MR) is 50.4 cm³/mol. The quantitative estimate of drug-likeness (QED) is 0.242. The molecule has 1 saturated carbocycles. The zero-order chi connectivity index (χ0) is 8.81. The van der Waals surface area contributed by atoms with Crippen LogP contribution in [-0.2, 0) is 0 Å². The van der Waals surface area contributed by atoms with Gasteiger partial charge in [0.05, 0.1) is 0 Å². The van der Waals surface area contributed by atoms with Gasteiger partial charge in [0.25, 0.3) is 0 Å². The average Bonchev–Trinajstić information content (AvgIpc) is 2.16. The summed E-state index contributed by atoms with van der Waals surface area (Å²) in [6.45, 7) is 0.829. The Morgan fingerprint density at radius 2 is 2.00 bits per heavy atom. The van der Waals surface area contributed by atoms with Gasteiger partial charge in [-0.15, -0.1) is 0 Å². The maximum atomic E-state index is 5.40. The molecular weight excluding hydrogens is 152 g/mol. The second-order valence-electron chi connectivity index (χ2n) is 3.37. The first-order chi connectivity index (χ1) is 5.83. The summed E-state index contributed by atoms with van der Waals surface area (Å²) in [6.07, 6.45) is 6.65. The minimum atomic E-state index is 0.348. The normalized spacial score (nSPS) is 20.9. The number of hydrazine groups is 1. The van der Waals surface area contributed by atoms with Crippen LogP contribution in [-0.4, -0.2) is 12.5 Å². The molecule has 1 fully saturated rings. The van der Waals surface area contributed by atoms with Crippen molar-refractivity contribution < 1.29 is 0 Å². The summed E-state index contributed by atoms with van der Waals surface area (Å²) in [4.78, 5) is 4.12. The van der Waals surface area contributed by atoms with Crippen LogP contribution in [0.3, 0.4) is 0 Å². The van der Waals surface area contributed by atoms with Crippen LogP contribution in [0.1, 0.15) is 32.1 Å². The highest BCUT2D eigenvalue weighted by Gasteiger charge is 2.12. The Morgan fingerprint density at radius 1 is 1.33 bits per heavy atom. The molecule has 0 radical (unpaired) electrons. The number of hydrogen-bond acceptors (Lipinski definition) is 2. The molecule has 0 heterocycles. The second-order valence-corrected chi connectivity index (χ2v) is 3.37. The van der Waals surface area contributed by atoms with Crippen molar-refractivity contribution in [1.29, 1.82) is 0 Å². The smallest absolute Gasteiger partial charge is 0.203 e. The van der Waals surface area contributed by atoms with Gasteiger partial charge in [-0.3, -0.25) is 10.4 Å². The third-order valence-electron chi connectivity index (χ3n) is 2.39. The molecule has 0 saturated heterocycles. The molecular formula is C8H18N4. The summed E-state index contributed by atoms with van der Waals surface area (Å²) in [7, 11) is 0. The lowest BCUT2D eigenvalue weighted by molar-refractivity contribution is 0.366. The van der Waals surface area contributed by atoms with Gasteiger partial charge in [-0.05, 0) is 18.8 Å². The van der Waals surface area contributed by atoms with E-state index in [1.165, 1.54) is 32.1 Å². The first-order valence-electron chi connectivity index (χ1n) is 4.59. The Morgan fingerprint density at radius 3 is 2.58 bits per heavy atom. The van der Waals surface area contributed by atoms with Gasteiger partial charge in [-0.1, -0.05) is 19.3 Å². The van der Waals surface area contributed by atoms with Gasteiger partial charge < -0.3 is 5.73 Å². The van der Waals surface area contributed by atoms with Gasteiger partial charge in [0, 0.05) is 6.54 Å². The molecule has 0 amide bonds. The molecule has 1 rings (SSSR count). The largest absolute Gasteiger partial charge is 0.369 e. The lowest BCUT2D eigenvalue weighted by Gasteiger charge is -2.19. The number of guanidine groups is 1. The van der Waals surface area contributed by atoms with Crippen LogP contribution in [0.4, 0.5) is 0 Å². The molecule has 12 heavy (non-hydrogen) atoms. The zero-order valence-electron chi connectivity index (χ0n) is 7.42. The van der Waals surface area contributed by atoms with E-state index in [1.54, 1.807) is 0 Å². The molecule has 0 aromatic carbocycles. The predicted octanol–water partition coefficient (Wildman–Crippen LogP) is 0.345. The van der Waals surface area contributed by atoms with Crippen molar-refractivity contribution in [2.75, 3.05) is 6.54 Å². The standard InChI is InChI=1S/C8H18N4/c9-8(12-10)11-6-7-4-2-1-3-5-7/h7H,1-6,10H2,(H3,9,11,12). The van der Waals surface area contributed by atoms with Gasteiger partial charge in [-0.25, -0.2) is 5.84 Å². The van der Waals surface area contributed by atoms with Crippen LogP contribution in [0.25, 0.3) is 0 Å². The monoisotopic (exact) mass is 170 g/mol. The highest BCUT2D eigenvalue weighted by atomic mass is 15.3. The third kappa shape index (κ3) is 3.09. The van der Waals surface area contributed by atoms with Crippen LogP contribution in [0, 0.1) is 5.92 Å². The van der Waals surface area contributed by atoms with Crippen LogP contribution >= 0.6 is 0 Å². The summed E-state index contributed by atoms with van der Waals surface area (Å²) in [5.41, 5.74) is 7.74. The van der Waals surface area contributed by atoms with Crippen molar-refractivity contribution in [3.05, 3.63) is 0 Å². The summed E-state index contributed by atoms with van der Waals surface area (Å²) in [6, 6.07) is 0. The number of nitrogens with two attached hydrogens (primary N) is 2. The summed E-state index contributed by atoms with van der Waals surface area (Å²) < 4.78 is 0. The van der Waals surface area contributed by atoms with Crippen molar-refractivity contribution in [2.24, 2.45) is 22.5 Å². The van der Waals surface area contributed by atoms with E-state index in [0.29, 0.717) is 5.96 Å². The van der Waals surface area contributed by atoms with E-state index < -0.39 is 0 Å². The van der Waals surface area contributed by atoms with E-state index in [2.05, 4.69) is 10.4 Å². The third-order valence-corrected chi connectivity index (χ3v) is 2.39. The van der Waals surface area contributed by atoms with Crippen LogP contribution < -0.4 is 17.0 Å². The van der Waals surface area contributed by atoms with E-state index in [0.717, 1.165) is 12.5 Å². The maximum absolute atomic E-state index is 5.40. The second kappa shape index (κ2) is 4.98. The Hall–Kier alpha value is -0.770. The fraction of sp³-hybridized carbons (Fsp3) is 0.875. The van der Waals surface area contributed by atoms with Crippen molar-refractivity contribution in [1.82, 2.24) is 5.43 Å². The molecule has 70 valence electrons. The van der Waals surface area contributed by atoms with Crippen molar-refractivity contribution >= 4 is 5.96 Å². The van der Waals surface area contributed by atoms with Crippen LogP contribution in [0.5, 0.6) is 0 Å². The lowest BCUT2D eigenvalue weighted by Crippen LogP contribution is -2.37. The van der Waals surface area contributed by atoms with E-state index in [-0.39, 0.29) is 0 Å². The minimum absolute atomic E-state index is 0.348. The van der Waals surface area contributed by atoms with E-state index >= 15 is 0 Å². The average molecular weight is 170 g/mol. The molecule has 4 nitrogen and oxygen atoms in total. The Bertz CT molecular complexity index is 149. The molecule has 0 unspecified atom stereocenters. The molecule has 0 aromatic rings. The zero-order valence-corrected chi connectivity index (χ0v) is 7.42. The van der Waals surface area contributed by atoms with Gasteiger partial charge >= 0.3 is 0 Å². The molecule has 0 bridgehead atoms. The molecule has 1 aliphatic carbocycles. The molecule has 4 heteroatoms. The molecule has 1 aliphatic rings. The van der Waals surface area contributed by atoms with Crippen LogP contribution in [0.15, 0.2) is 4.99 Å². The van der Waals surface area contributed by atoms with E-state index in [1.807, 2.05) is 0 Å². The fourth-order valence-electron chi connectivity index (χ4n) is 1.64. The number of nitrogens with zero attached hydrogens (tertiary/aromatic N) is 1. The highest BCUT2D eigenvalue weighted by Crippen LogP contribution is 2.23. The lowest BCUT2D eigenvalue weighted by atomic mass is 9.89.